The maximum absolute atomic E-state index is 5.62. The van der Waals surface area contributed by atoms with E-state index in [0.29, 0.717) is 0 Å². The maximum Gasteiger partial charge on any atom is 0.524 e. The first-order valence-electron chi connectivity index (χ1n) is 4.53. The van der Waals surface area contributed by atoms with Gasteiger partial charge in [-0.1, -0.05) is 25.1 Å². The van der Waals surface area contributed by atoms with Gasteiger partial charge in [-0.25, -0.2) is 0 Å². The van der Waals surface area contributed by atoms with E-state index in [9.17, 15) is 0 Å². The highest BCUT2D eigenvalue weighted by Gasteiger charge is 2.15. The van der Waals surface area contributed by atoms with Crippen molar-refractivity contribution in [3.63, 3.8) is 0 Å². The molecule has 0 unspecified atom stereocenters. The highest BCUT2D eigenvalue weighted by molar-refractivity contribution is 6.45. The molecule has 1 aromatic rings. The lowest BCUT2D eigenvalue weighted by molar-refractivity contribution is 0.334. The van der Waals surface area contributed by atoms with Crippen molar-refractivity contribution in [1.82, 2.24) is 0 Å². The molecule has 0 bridgehead atoms. The van der Waals surface area contributed by atoms with Gasteiger partial charge < -0.3 is 9.31 Å². The van der Waals surface area contributed by atoms with Gasteiger partial charge in [-0.05, 0) is 24.9 Å². The molecule has 1 aromatic carbocycles. The maximum atomic E-state index is 5.62. The van der Waals surface area contributed by atoms with Crippen LogP contribution in [-0.4, -0.2) is 14.2 Å². The van der Waals surface area contributed by atoms with E-state index in [-0.39, 0.29) is 7.12 Å². The zero-order chi connectivity index (χ0) is 9.68. The minimum Gasteiger partial charge on any atom is -0.536 e. The highest BCUT2D eigenvalue weighted by atomic mass is 16.6. The summed E-state index contributed by atoms with van der Waals surface area (Å²) in [6.07, 6.45) is 0.852. The molecule has 2 nitrogen and oxygen atoms in total. The summed E-state index contributed by atoms with van der Waals surface area (Å²) in [5.41, 5.74) is 1.14. The van der Waals surface area contributed by atoms with Crippen LogP contribution in [0.25, 0.3) is 0 Å². The highest BCUT2D eigenvalue weighted by Crippen LogP contribution is 2.17. The summed E-state index contributed by atoms with van der Waals surface area (Å²) < 4.78 is 10.8. The fourth-order valence-electron chi connectivity index (χ4n) is 1.13. The van der Waals surface area contributed by atoms with E-state index in [0.717, 1.165) is 17.6 Å². The topological polar surface area (TPSA) is 18.5 Å². The predicted molar refractivity (Wildman–Crippen MR) is 55.1 cm³/mol. The summed E-state index contributed by atoms with van der Waals surface area (Å²) in [6, 6.07) is 7.94. The van der Waals surface area contributed by atoms with Gasteiger partial charge in [0.2, 0.25) is 0 Å². The van der Waals surface area contributed by atoms with E-state index in [2.05, 4.69) is 0 Å². The van der Waals surface area contributed by atoms with Crippen molar-refractivity contribution in [2.75, 3.05) is 7.11 Å². The van der Waals surface area contributed by atoms with Gasteiger partial charge in [0.25, 0.3) is 0 Å². The van der Waals surface area contributed by atoms with Gasteiger partial charge in [-0.15, -0.1) is 0 Å². The predicted octanol–water partition coefficient (Wildman–Crippen LogP) is 2.53. The molecule has 13 heavy (non-hydrogen) atoms. The Hall–Kier alpha value is -0.955. The van der Waals surface area contributed by atoms with Gasteiger partial charge in [0.15, 0.2) is 0 Å². The van der Waals surface area contributed by atoms with Crippen LogP contribution in [0.1, 0.15) is 12.5 Å². The Kier molecular flexibility index (Phi) is 3.84. The van der Waals surface area contributed by atoms with Crippen molar-refractivity contribution >= 4 is 7.12 Å². The summed E-state index contributed by atoms with van der Waals surface area (Å²) in [4.78, 5) is 0. The van der Waals surface area contributed by atoms with Crippen molar-refractivity contribution in [1.29, 1.82) is 0 Å². The number of hydrogen-bond acceptors (Lipinski definition) is 2. The first-order valence-corrected chi connectivity index (χ1v) is 4.53. The summed E-state index contributed by atoms with van der Waals surface area (Å²) in [6.45, 7) is 4.06. The molecule has 0 saturated carbocycles. The second kappa shape index (κ2) is 4.92. The number of aryl methyl sites for hydroxylation is 1. The summed E-state index contributed by atoms with van der Waals surface area (Å²) >= 11 is 0. The van der Waals surface area contributed by atoms with Gasteiger partial charge in [0, 0.05) is 7.11 Å². The third-order valence-electron chi connectivity index (χ3n) is 1.95. The zero-order valence-electron chi connectivity index (χ0n) is 8.41. The van der Waals surface area contributed by atoms with Crippen LogP contribution in [0.3, 0.4) is 0 Å². The fraction of sp³-hybridized carbons (Fsp3) is 0.400. The molecule has 0 spiro atoms. The minimum absolute atomic E-state index is 0.138. The monoisotopic (exact) mass is 178 g/mol. The fourth-order valence-corrected chi connectivity index (χ4v) is 1.13. The molecule has 0 radical (unpaired) electrons. The molecule has 0 aromatic heterocycles. The number of para-hydroxylation sites is 1. The third-order valence-corrected chi connectivity index (χ3v) is 1.95. The molecule has 0 N–H and O–H groups in total. The van der Waals surface area contributed by atoms with Crippen LogP contribution in [0.4, 0.5) is 0 Å². The third kappa shape index (κ3) is 2.78. The van der Waals surface area contributed by atoms with Gasteiger partial charge in [0.1, 0.15) is 5.75 Å². The van der Waals surface area contributed by atoms with Crippen LogP contribution in [0, 0.1) is 6.92 Å². The molecule has 0 aliphatic heterocycles. The van der Waals surface area contributed by atoms with Crippen LogP contribution in [0.5, 0.6) is 5.75 Å². The number of rotatable bonds is 4. The Morgan fingerprint density at radius 1 is 1.31 bits per heavy atom. The van der Waals surface area contributed by atoms with Crippen LogP contribution in [0.2, 0.25) is 6.32 Å². The molecule has 0 atom stereocenters. The Morgan fingerprint density at radius 3 is 2.54 bits per heavy atom. The van der Waals surface area contributed by atoms with Crippen molar-refractivity contribution in [3.8, 4) is 5.75 Å². The van der Waals surface area contributed by atoms with Crippen LogP contribution in [0.15, 0.2) is 24.3 Å². The van der Waals surface area contributed by atoms with E-state index in [4.69, 9.17) is 9.31 Å². The number of hydrogen-bond donors (Lipinski definition) is 0. The van der Waals surface area contributed by atoms with Crippen molar-refractivity contribution in [2.24, 2.45) is 0 Å². The first-order chi connectivity index (χ1) is 6.27. The summed E-state index contributed by atoms with van der Waals surface area (Å²) in [7, 11) is 1.52. The quantitative estimate of drug-likeness (QED) is 0.659. The molecular formula is C10H15BO2. The van der Waals surface area contributed by atoms with E-state index >= 15 is 0 Å². The van der Waals surface area contributed by atoms with E-state index < -0.39 is 0 Å². The van der Waals surface area contributed by atoms with Crippen molar-refractivity contribution in [3.05, 3.63) is 29.8 Å². The van der Waals surface area contributed by atoms with Gasteiger partial charge in [0.05, 0.1) is 0 Å². The van der Waals surface area contributed by atoms with Gasteiger partial charge >= 0.3 is 7.12 Å². The standard InChI is InChI=1S/C10H15BO2/c1-4-11(12-3)13-10-8-6-5-7-9(10)2/h5-8H,4H2,1-3H3. The lowest BCUT2D eigenvalue weighted by Crippen LogP contribution is -2.23. The van der Waals surface area contributed by atoms with Gasteiger partial charge in [-0.2, -0.15) is 0 Å². The minimum atomic E-state index is -0.138. The van der Waals surface area contributed by atoms with E-state index in [1.165, 1.54) is 0 Å². The van der Waals surface area contributed by atoms with E-state index in [1.54, 1.807) is 7.11 Å². The van der Waals surface area contributed by atoms with E-state index in [1.807, 2.05) is 38.1 Å². The van der Waals surface area contributed by atoms with Crippen LogP contribution >= 0.6 is 0 Å². The smallest absolute Gasteiger partial charge is 0.524 e. The summed E-state index contributed by atoms with van der Waals surface area (Å²) in [5, 5.41) is 0. The molecular weight excluding hydrogens is 163 g/mol. The lowest BCUT2D eigenvalue weighted by atomic mass is 9.86. The molecule has 3 heteroatoms. The van der Waals surface area contributed by atoms with Crippen molar-refractivity contribution < 1.29 is 9.31 Å². The van der Waals surface area contributed by atoms with Crippen molar-refractivity contribution in [2.45, 2.75) is 20.2 Å². The largest absolute Gasteiger partial charge is 0.536 e. The molecule has 0 saturated heterocycles. The molecule has 0 aliphatic rings. The average molecular weight is 178 g/mol. The second-order valence-electron chi connectivity index (χ2n) is 2.96. The Morgan fingerprint density at radius 2 is 2.00 bits per heavy atom. The SMILES string of the molecule is CCB(OC)Oc1ccccc1C. The summed E-state index contributed by atoms with van der Waals surface area (Å²) in [5.74, 6) is 0.899. The van der Waals surface area contributed by atoms with Gasteiger partial charge in [-0.3, -0.25) is 0 Å². The zero-order valence-corrected chi connectivity index (χ0v) is 8.41. The Balaban J connectivity index is 2.67. The molecule has 0 aliphatic carbocycles. The molecule has 0 amide bonds. The first kappa shape index (κ1) is 10.1. The number of benzene rings is 1. The molecule has 1 rings (SSSR count). The average Bonchev–Trinajstić information content (AvgIpc) is 2.17. The van der Waals surface area contributed by atoms with Crippen LogP contribution in [-0.2, 0) is 4.65 Å². The Bertz CT molecular complexity index is 259. The normalized spacial score (nSPS) is 9.77. The van der Waals surface area contributed by atoms with Crippen LogP contribution < -0.4 is 4.65 Å². The molecule has 70 valence electrons. The Labute approximate surface area is 80.0 Å². The molecule has 0 heterocycles. The second-order valence-corrected chi connectivity index (χ2v) is 2.96. The lowest BCUT2D eigenvalue weighted by Gasteiger charge is -2.13. The molecule has 0 fully saturated rings.